The zero-order valence-corrected chi connectivity index (χ0v) is 11.1. The van der Waals surface area contributed by atoms with E-state index < -0.39 is 6.04 Å². The van der Waals surface area contributed by atoms with Crippen LogP contribution in [0.25, 0.3) is 10.8 Å². The van der Waals surface area contributed by atoms with Gasteiger partial charge in [-0.3, -0.25) is 0 Å². The van der Waals surface area contributed by atoms with Crippen LogP contribution < -0.4 is 10.1 Å². The molecule has 2 aromatic rings. The molecule has 1 aromatic carbocycles. The summed E-state index contributed by atoms with van der Waals surface area (Å²) in [5.74, 6) is 1.11. The molecule has 0 radical (unpaired) electrons. The molecule has 5 nitrogen and oxygen atoms in total. The first-order valence-electron chi connectivity index (χ1n) is 5.93. The molecule has 0 spiro atoms. The smallest absolute Gasteiger partial charge is 0.328 e. The minimum atomic E-state index is -0.454. The Morgan fingerprint density at radius 3 is 2.79 bits per heavy atom. The third-order valence-corrected chi connectivity index (χ3v) is 2.88. The normalized spacial score (nSPS) is 11.9. The Labute approximate surface area is 111 Å². The van der Waals surface area contributed by atoms with Crippen LogP contribution in [0.4, 0.5) is 5.82 Å². The van der Waals surface area contributed by atoms with Crippen LogP contribution in [0.2, 0.25) is 0 Å². The lowest BCUT2D eigenvalue weighted by Gasteiger charge is -2.14. The second-order valence-corrected chi connectivity index (χ2v) is 4.14. The first-order chi connectivity index (χ1) is 9.15. The molecule has 1 atom stereocenters. The maximum absolute atomic E-state index is 11.4. The van der Waals surface area contributed by atoms with Crippen LogP contribution in [0.15, 0.2) is 30.5 Å². The molecule has 0 bridgehead atoms. The van der Waals surface area contributed by atoms with E-state index in [0.717, 1.165) is 16.5 Å². The van der Waals surface area contributed by atoms with Gasteiger partial charge in [0, 0.05) is 11.6 Å². The number of pyridine rings is 1. The number of aromatic nitrogens is 1. The molecule has 5 heteroatoms. The molecule has 0 aliphatic rings. The van der Waals surface area contributed by atoms with Crippen molar-refractivity contribution in [2.45, 2.75) is 13.0 Å². The van der Waals surface area contributed by atoms with E-state index in [4.69, 9.17) is 4.74 Å². The molecule has 0 fully saturated rings. The molecule has 1 heterocycles. The summed E-state index contributed by atoms with van der Waals surface area (Å²) in [7, 11) is 2.99. The molecule has 1 aromatic heterocycles. The summed E-state index contributed by atoms with van der Waals surface area (Å²) in [6.45, 7) is 1.73. The van der Waals surface area contributed by atoms with Crippen LogP contribution in [0.5, 0.6) is 5.75 Å². The predicted molar refractivity (Wildman–Crippen MR) is 73.4 cm³/mol. The summed E-state index contributed by atoms with van der Waals surface area (Å²) in [6.07, 6.45) is 1.69. The number of hydrogen-bond acceptors (Lipinski definition) is 5. The number of carbonyl (C=O) groups excluding carboxylic acids is 1. The SMILES string of the molecule is COC(=O)C(C)Nc1nccc2cc(OC)ccc12. The molecule has 0 aliphatic heterocycles. The quantitative estimate of drug-likeness (QED) is 0.854. The first-order valence-corrected chi connectivity index (χ1v) is 5.93. The molecule has 2 rings (SSSR count). The van der Waals surface area contributed by atoms with Crippen molar-refractivity contribution in [2.75, 3.05) is 19.5 Å². The molecular weight excluding hydrogens is 244 g/mol. The number of methoxy groups -OCH3 is 2. The van der Waals surface area contributed by atoms with Crippen LogP contribution in [-0.4, -0.2) is 31.2 Å². The monoisotopic (exact) mass is 260 g/mol. The fourth-order valence-corrected chi connectivity index (χ4v) is 1.84. The highest BCUT2D eigenvalue weighted by atomic mass is 16.5. The minimum Gasteiger partial charge on any atom is -0.497 e. The number of hydrogen-bond donors (Lipinski definition) is 1. The number of nitrogens with one attached hydrogen (secondary N) is 1. The summed E-state index contributed by atoms with van der Waals surface area (Å²) < 4.78 is 9.87. The van der Waals surface area contributed by atoms with Gasteiger partial charge in [-0.1, -0.05) is 0 Å². The standard InChI is InChI=1S/C14H16N2O3/c1-9(14(17)19-3)16-13-12-5-4-11(18-2)8-10(12)6-7-15-13/h4-9H,1-3H3,(H,15,16). The van der Waals surface area contributed by atoms with Crippen molar-refractivity contribution >= 4 is 22.6 Å². The van der Waals surface area contributed by atoms with Crippen LogP contribution in [0, 0.1) is 0 Å². The average molecular weight is 260 g/mol. The Morgan fingerprint density at radius 2 is 2.11 bits per heavy atom. The summed E-state index contributed by atoms with van der Waals surface area (Å²) >= 11 is 0. The Hall–Kier alpha value is -2.30. The second kappa shape index (κ2) is 5.56. The maximum atomic E-state index is 11.4. The van der Waals surface area contributed by atoms with Crippen LogP contribution in [-0.2, 0) is 9.53 Å². The number of benzene rings is 1. The first kappa shape index (κ1) is 13.1. The maximum Gasteiger partial charge on any atom is 0.328 e. The molecular formula is C14H16N2O3. The molecule has 0 aliphatic carbocycles. The Morgan fingerprint density at radius 1 is 1.32 bits per heavy atom. The summed E-state index contributed by atoms with van der Waals surface area (Å²) in [4.78, 5) is 15.7. The highest BCUT2D eigenvalue weighted by Gasteiger charge is 2.14. The highest BCUT2D eigenvalue weighted by molar-refractivity contribution is 5.94. The van der Waals surface area contributed by atoms with E-state index in [1.807, 2.05) is 24.3 Å². The van der Waals surface area contributed by atoms with Crippen molar-refractivity contribution in [3.63, 3.8) is 0 Å². The molecule has 0 amide bonds. The van der Waals surface area contributed by atoms with E-state index in [-0.39, 0.29) is 5.97 Å². The number of ether oxygens (including phenoxy) is 2. The van der Waals surface area contributed by atoms with Gasteiger partial charge in [0.05, 0.1) is 14.2 Å². The summed E-state index contributed by atoms with van der Waals surface area (Å²) in [5.41, 5.74) is 0. The van der Waals surface area contributed by atoms with E-state index in [0.29, 0.717) is 5.82 Å². The zero-order chi connectivity index (χ0) is 13.8. The average Bonchev–Trinajstić information content (AvgIpc) is 2.45. The summed E-state index contributed by atoms with van der Waals surface area (Å²) in [6, 6.07) is 7.13. The van der Waals surface area contributed by atoms with Crippen molar-refractivity contribution in [1.29, 1.82) is 0 Å². The van der Waals surface area contributed by atoms with Crippen LogP contribution in [0.3, 0.4) is 0 Å². The van der Waals surface area contributed by atoms with E-state index in [1.54, 1.807) is 20.2 Å². The number of nitrogens with zero attached hydrogens (tertiary/aromatic N) is 1. The molecule has 1 unspecified atom stereocenters. The summed E-state index contributed by atoms with van der Waals surface area (Å²) in [5, 5.41) is 4.97. The van der Waals surface area contributed by atoms with Crippen molar-refractivity contribution < 1.29 is 14.3 Å². The van der Waals surface area contributed by atoms with E-state index in [2.05, 4.69) is 15.0 Å². The van der Waals surface area contributed by atoms with Gasteiger partial charge in [0.15, 0.2) is 0 Å². The van der Waals surface area contributed by atoms with Gasteiger partial charge in [0.2, 0.25) is 0 Å². The van der Waals surface area contributed by atoms with Gasteiger partial charge >= 0.3 is 5.97 Å². The third kappa shape index (κ3) is 2.76. The second-order valence-electron chi connectivity index (χ2n) is 4.14. The zero-order valence-electron chi connectivity index (χ0n) is 11.1. The van der Waals surface area contributed by atoms with Crippen molar-refractivity contribution in [3.8, 4) is 5.75 Å². The Kier molecular flexibility index (Phi) is 3.85. The van der Waals surface area contributed by atoms with Crippen molar-refractivity contribution in [3.05, 3.63) is 30.5 Å². The largest absolute Gasteiger partial charge is 0.497 e. The Bertz CT molecular complexity index is 598. The lowest BCUT2D eigenvalue weighted by Crippen LogP contribution is -2.27. The van der Waals surface area contributed by atoms with Gasteiger partial charge in [-0.15, -0.1) is 0 Å². The lowest BCUT2D eigenvalue weighted by atomic mass is 10.1. The Balaban J connectivity index is 2.36. The molecule has 100 valence electrons. The highest BCUT2D eigenvalue weighted by Crippen LogP contribution is 2.25. The number of esters is 1. The van der Waals surface area contributed by atoms with Gasteiger partial charge in [-0.05, 0) is 36.6 Å². The number of fused-ring (bicyclic) bond motifs is 1. The third-order valence-electron chi connectivity index (χ3n) is 2.88. The van der Waals surface area contributed by atoms with Gasteiger partial charge in [-0.25, -0.2) is 9.78 Å². The number of carbonyl (C=O) groups is 1. The van der Waals surface area contributed by atoms with Crippen molar-refractivity contribution in [2.24, 2.45) is 0 Å². The van der Waals surface area contributed by atoms with E-state index in [9.17, 15) is 4.79 Å². The fraction of sp³-hybridized carbons (Fsp3) is 0.286. The van der Waals surface area contributed by atoms with E-state index >= 15 is 0 Å². The van der Waals surface area contributed by atoms with Crippen molar-refractivity contribution in [1.82, 2.24) is 4.98 Å². The topological polar surface area (TPSA) is 60.5 Å². The number of anilines is 1. The van der Waals surface area contributed by atoms with Gasteiger partial charge in [-0.2, -0.15) is 0 Å². The van der Waals surface area contributed by atoms with Crippen LogP contribution >= 0.6 is 0 Å². The predicted octanol–water partition coefficient (Wildman–Crippen LogP) is 2.22. The van der Waals surface area contributed by atoms with Crippen LogP contribution in [0.1, 0.15) is 6.92 Å². The molecule has 1 N–H and O–H groups in total. The van der Waals surface area contributed by atoms with Gasteiger partial charge < -0.3 is 14.8 Å². The number of rotatable bonds is 4. The van der Waals surface area contributed by atoms with Gasteiger partial charge in [0.25, 0.3) is 0 Å². The molecule has 19 heavy (non-hydrogen) atoms. The van der Waals surface area contributed by atoms with E-state index in [1.165, 1.54) is 7.11 Å². The lowest BCUT2D eigenvalue weighted by molar-refractivity contribution is -0.141. The fourth-order valence-electron chi connectivity index (χ4n) is 1.84. The molecule has 0 saturated carbocycles. The molecule has 0 saturated heterocycles. The minimum absolute atomic E-state index is 0.327. The van der Waals surface area contributed by atoms with Gasteiger partial charge in [0.1, 0.15) is 17.6 Å².